The van der Waals surface area contributed by atoms with E-state index in [1.165, 1.54) is 6.26 Å². The molecule has 0 aliphatic heterocycles. The normalized spacial score (nSPS) is 13.2. The molecular weight excluding hydrogens is 268 g/mol. The molecule has 0 saturated carbocycles. The fourth-order valence-corrected chi connectivity index (χ4v) is 2.83. The Morgan fingerprint density at radius 2 is 1.94 bits per heavy atom. The van der Waals surface area contributed by atoms with Gasteiger partial charge < -0.3 is 5.32 Å². The molecule has 2 rings (SSSR count). The van der Waals surface area contributed by atoms with E-state index >= 15 is 0 Å². The highest BCUT2D eigenvalue weighted by Gasteiger charge is 2.09. The first kappa shape index (κ1) is 13.0. The van der Waals surface area contributed by atoms with Gasteiger partial charge in [0.2, 0.25) is 0 Å². The van der Waals surface area contributed by atoms with Gasteiger partial charge in [0.05, 0.1) is 10.9 Å². The lowest BCUT2D eigenvalue weighted by Crippen LogP contribution is -2.06. The van der Waals surface area contributed by atoms with Crippen LogP contribution in [-0.2, 0) is 9.84 Å². The van der Waals surface area contributed by atoms with Crippen molar-refractivity contribution in [3.05, 3.63) is 40.8 Å². The number of rotatable bonds is 4. The zero-order valence-electron chi connectivity index (χ0n) is 10.1. The van der Waals surface area contributed by atoms with Crippen molar-refractivity contribution in [2.24, 2.45) is 0 Å². The van der Waals surface area contributed by atoms with Crippen LogP contribution < -0.4 is 5.32 Å². The summed E-state index contributed by atoms with van der Waals surface area (Å²) in [6, 6.07) is 6.84. The molecule has 1 unspecified atom stereocenters. The minimum atomic E-state index is -3.13. The van der Waals surface area contributed by atoms with Crippen LogP contribution in [-0.4, -0.2) is 19.7 Å². The Bertz CT molecular complexity index is 604. The Balaban J connectivity index is 2.12. The highest BCUT2D eigenvalue weighted by atomic mass is 32.2. The second-order valence-electron chi connectivity index (χ2n) is 4.03. The van der Waals surface area contributed by atoms with E-state index in [-0.39, 0.29) is 6.04 Å². The van der Waals surface area contributed by atoms with Crippen molar-refractivity contribution in [3.8, 4) is 0 Å². The van der Waals surface area contributed by atoms with Crippen LogP contribution in [0.5, 0.6) is 0 Å². The Labute approximate surface area is 111 Å². The molecule has 1 aromatic heterocycles. The lowest BCUT2D eigenvalue weighted by atomic mass is 10.3. The molecule has 0 fully saturated rings. The monoisotopic (exact) mass is 282 g/mol. The van der Waals surface area contributed by atoms with E-state index in [9.17, 15) is 8.42 Å². The third-order valence-corrected chi connectivity index (χ3v) is 4.57. The molecule has 96 valence electrons. The van der Waals surface area contributed by atoms with Gasteiger partial charge in [-0.15, -0.1) is 11.3 Å². The van der Waals surface area contributed by atoms with Crippen molar-refractivity contribution in [1.29, 1.82) is 0 Å². The summed E-state index contributed by atoms with van der Waals surface area (Å²) in [5.74, 6) is 0. The van der Waals surface area contributed by atoms with Crippen LogP contribution in [0, 0.1) is 0 Å². The van der Waals surface area contributed by atoms with Gasteiger partial charge in [0, 0.05) is 23.5 Å². The highest BCUT2D eigenvalue weighted by Crippen LogP contribution is 2.21. The van der Waals surface area contributed by atoms with Crippen LogP contribution >= 0.6 is 11.3 Å². The lowest BCUT2D eigenvalue weighted by Gasteiger charge is -2.12. The molecule has 1 atom stereocenters. The van der Waals surface area contributed by atoms with Crippen molar-refractivity contribution in [2.75, 3.05) is 11.6 Å². The largest absolute Gasteiger partial charge is 0.376 e. The molecule has 0 aliphatic carbocycles. The Kier molecular flexibility index (Phi) is 3.68. The maximum Gasteiger partial charge on any atom is 0.175 e. The van der Waals surface area contributed by atoms with E-state index < -0.39 is 9.84 Å². The van der Waals surface area contributed by atoms with Crippen LogP contribution in [0.1, 0.15) is 18.0 Å². The number of nitrogens with zero attached hydrogens (tertiary/aromatic N) is 1. The van der Waals surface area contributed by atoms with Crippen molar-refractivity contribution >= 4 is 26.9 Å². The fourth-order valence-electron chi connectivity index (χ4n) is 1.56. The summed E-state index contributed by atoms with van der Waals surface area (Å²) in [6.45, 7) is 2.02. The van der Waals surface area contributed by atoms with Crippen LogP contribution in [0.25, 0.3) is 0 Å². The summed E-state index contributed by atoms with van der Waals surface area (Å²) in [6.07, 6.45) is 2.97. The molecule has 0 bridgehead atoms. The van der Waals surface area contributed by atoms with Crippen molar-refractivity contribution in [3.63, 3.8) is 0 Å². The summed E-state index contributed by atoms with van der Waals surface area (Å²) < 4.78 is 22.6. The molecule has 1 aromatic carbocycles. The Morgan fingerprint density at radius 1 is 1.28 bits per heavy atom. The lowest BCUT2D eigenvalue weighted by molar-refractivity contribution is 0.602. The zero-order chi connectivity index (χ0) is 13.2. The van der Waals surface area contributed by atoms with Crippen LogP contribution in [0.15, 0.2) is 40.7 Å². The fraction of sp³-hybridized carbons (Fsp3) is 0.250. The second-order valence-corrected chi connectivity index (χ2v) is 6.97. The van der Waals surface area contributed by atoms with Gasteiger partial charge in [-0.1, -0.05) is 0 Å². The quantitative estimate of drug-likeness (QED) is 0.936. The Hall–Kier alpha value is -1.40. The predicted molar refractivity (Wildman–Crippen MR) is 73.7 cm³/mol. The number of nitrogens with one attached hydrogen (secondary N) is 1. The first-order valence-electron chi connectivity index (χ1n) is 5.43. The third-order valence-electron chi connectivity index (χ3n) is 2.49. The number of benzene rings is 1. The number of thiazole rings is 1. The molecular formula is C12H14N2O2S2. The number of hydrogen-bond acceptors (Lipinski definition) is 5. The predicted octanol–water partition coefficient (Wildman–Crippen LogP) is 2.72. The van der Waals surface area contributed by atoms with Crippen LogP contribution in [0.4, 0.5) is 5.69 Å². The van der Waals surface area contributed by atoms with E-state index in [0.717, 1.165) is 10.7 Å². The molecule has 0 radical (unpaired) electrons. The molecule has 18 heavy (non-hydrogen) atoms. The summed E-state index contributed by atoms with van der Waals surface area (Å²) in [4.78, 5) is 4.56. The van der Waals surface area contributed by atoms with Gasteiger partial charge in [-0.05, 0) is 31.2 Å². The molecule has 0 saturated heterocycles. The standard InChI is InChI=1S/C12H14N2O2S2/c1-9(12-13-7-8-17-12)14-10-3-5-11(6-4-10)18(2,15)16/h3-9,14H,1-2H3. The molecule has 0 aliphatic rings. The van der Waals surface area contributed by atoms with Crippen molar-refractivity contribution < 1.29 is 8.42 Å². The number of sulfone groups is 1. The Morgan fingerprint density at radius 3 is 2.44 bits per heavy atom. The second kappa shape index (κ2) is 5.07. The van der Waals surface area contributed by atoms with E-state index in [1.54, 1.807) is 41.8 Å². The molecule has 0 spiro atoms. The van der Waals surface area contributed by atoms with Crippen molar-refractivity contribution in [2.45, 2.75) is 17.9 Å². The first-order chi connectivity index (χ1) is 8.47. The van der Waals surface area contributed by atoms with Gasteiger partial charge in [-0.25, -0.2) is 13.4 Å². The zero-order valence-corrected chi connectivity index (χ0v) is 11.8. The van der Waals surface area contributed by atoms with Gasteiger partial charge >= 0.3 is 0 Å². The molecule has 1 N–H and O–H groups in total. The number of hydrogen-bond donors (Lipinski definition) is 1. The van der Waals surface area contributed by atoms with Gasteiger partial charge in [-0.3, -0.25) is 0 Å². The van der Waals surface area contributed by atoms with Crippen molar-refractivity contribution in [1.82, 2.24) is 4.98 Å². The molecule has 1 heterocycles. The summed E-state index contributed by atoms with van der Waals surface area (Å²) in [5.41, 5.74) is 0.880. The average molecular weight is 282 g/mol. The van der Waals surface area contributed by atoms with Gasteiger partial charge in [0.1, 0.15) is 5.01 Å². The van der Waals surface area contributed by atoms with Crippen LogP contribution in [0.2, 0.25) is 0 Å². The van der Waals surface area contributed by atoms with E-state index in [0.29, 0.717) is 4.90 Å². The maximum atomic E-state index is 11.3. The topological polar surface area (TPSA) is 59.1 Å². The molecule has 0 amide bonds. The molecule has 2 aromatic rings. The van der Waals surface area contributed by atoms with E-state index in [2.05, 4.69) is 10.3 Å². The SMILES string of the molecule is CC(Nc1ccc(S(C)(=O)=O)cc1)c1nccs1. The summed E-state index contributed by atoms with van der Waals surface area (Å²) >= 11 is 1.59. The summed E-state index contributed by atoms with van der Waals surface area (Å²) in [7, 11) is -3.13. The number of aromatic nitrogens is 1. The first-order valence-corrected chi connectivity index (χ1v) is 8.20. The van der Waals surface area contributed by atoms with Crippen LogP contribution in [0.3, 0.4) is 0 Å². The van der Waals surface area contributed by atoms with E-state index in [1.807, 2.05) is 12.3 Å². The molecule has 6 heteroatoms. The average Bonchev–Trinajstić information content (AvgIpc) is 2.82. The van der Waals surface area contributed by atoms with E-state index in [4.69, 9.17) is 0 Å². The van der Waals surface area contributed by atoms with Gasteiger partial charge in [0.25, 0.3) is 0 Å². The van der Waals surface area contributed by atoms with Gasteiger partial charge in [0.15, 0.2) is 9.84 Å². The molecule has 4 nitrogen and oxygen atoms in total. The minimum Gasteiger partial charge on any atom is -0.376 e. The van der Waals surface area contributed by atoms with Gasteiger partial charge in [-0.2, -0.15) is 0 Å². The maximum absolute atomic E-state index is 11.3. The summed E-state index contributed by atoms with van der Waals surface area (Å²) in [5, 5.41) is 6.21. The third kappa shape index (κ3) is 3.08. The minimum absolute atomic E-state index is 0.106. The number of anilines is 1. The smallest absolute Gasteiger partial charge is 0.175 e. The highest BCUT2D eigenvalue weighted by molar-refractivity contribution is 7.90.